The van der Waals surface area contributed by atoms with Crippen LogP contribution in [0.25, 0.3) is 0 Å². The van der Waals surface area contributed by atoms with E-state index in [0.29, 0.717) is 38.0 Å². The number of aliphatic imine (C=N–C) groups is 1. The Balaban J connectivity index is 0.00000272. The fourth-order valence-electron chi connectivity index (χ4n) is 5.00. The van der Waals surface area contributed by atoms with E-state index in [0.717, 1.165) is 18.4 Å². The summed E-state index contributed by atoms with van der Waals surface area (Å²) >= 11 is 0. The summed E-state index contributed by atoms with van der Waals surface area (Å²) in [6, 6.07) is 8.81. The van der Waals surface area contributed by atoms with Crippen LogP contribution in [0.4, 0.5) is 0 Å². The average molecular weight is 563 g/mol. The van der Waals surface area contributed by atoms with E-state index in [1.54, 1.807) is 11.4 Å². The highest BCUT2D eigenvalue weighted by Gasteiger charge is 2.55. The highest BCUT2D eigenvalue weighted by atomic mass is 127. The molecule has 3 aliphatic rings. The van der Waals surface area contributed by atoms with Gasteiger partial charge in [0.2, 0.25) is 10.0 Å². The Morgan fingerprint density at radius 2 is 1.94 bits per heavy atom. The number of hydrogen-bond donors (Lipinski definition) is 1. The molecule has 3 atom stereocenters. The van der Waals surface area contributed by atoms with Crippen LogP contribution in [-0.2, 0) is 21.2 Å². The number of fused-ring (bicyclic) bond motifs is 3. The first-order chi connectivity index (χ1) is 14.4. The first kappa shape index (κ1) is 24.7. The van der Waals surface area contributed by atoms with Crippen molar-refractivity contribution in [2.24, 2.45) is 16.8 Å². The number of sulfonamides is 1. The number of ether oxygens (including phenoxy) is 1. The Kier molecular flexibility index (Phi) is 8.26. The maximum absolute atomic E-state index is 12.5. The molecule has 31 heavy (non-hydrogen) atoms. The van der Waals surface area contributed by atoms with E-state index in [1.165, 1.54) is 17.5 Å². The zero-order valence-electron chi connectivity index (χ0n) is 18.7. The molecule has 1 aromatic rings. The van der Waals surface area contributed by atoms with E-state index in [1.807, 2.05) is 13.8 Å². The molecule has 1 aromatic carbocycles. The van der Waals surface area contributed by atoms with Crippen LogP contribution in [-0.4, -0.2) is 81.8 Å². The predicted molar refractivity (Wildman–Crippen MR) is 135 cm³/mol. The van der Waals surface area contributed by atoms with Crippen LogP contribution in [0.15, 0.2) is 29.3 Å². The Morgan fingerprint density at radius 3 is 2.61 bits per heavy atom. The smallest absolute Gasteiger partial charge is 0.216 e. The van der Waals surface area contributed by atoms with Crippen LogP contribution < -0.4 is 5.32 Å². The first-order valence-electron chi connectivity index (χ1n) is 11.0. The summed E-state index contributed by atoms with van der Waals surface area (Å²) < 4.78 is 32.1. The van der Waals surface area contributed by atoms with Gasteiger partial charge in [0.25, 0.3) is 0 Å². The minimum absolute atomic E-state index is 0. The number of rotatable bonds is 7. The lowest BCUT2D eigenvalue weighted by Gasteiger charge is -2.36. The topological polar surface area (TPSA) is 74.2 Å². The molecule has 0 radical (unpaired) electrons. The van der Waals surface area contributed by atoms with Gasteiger partial charge in [-0.2, -0.15) is 4.31 Å². The van der Waals surface area contributed by atoms with E-state index >= 15 is 0 Å². The lowest BCUT2D eigenvalue weighted by Crippen LogP contribution is -2.54. The summed E-state index contributed by atoms with van der Waals surface area (Å²) in [6.07, 6.45) is 1.24. The predicted octanol–water partition coefficient (Wildman–Crippen LogP) is 2.14. The Morgan fingerprint density at radius 1 is 1.23 bits per heavy atom. The van der Waals surface area contributed by atoms with Crippen LogP contribution in [0.2, 0.25) is 0 Å². The van der Waals surface area contributed by atoms with Crippen molar-refractivity contribution in [3.63, 3.8) is 0 Å². The van der Waals surface area contributed by atoms with E-state index in [-0.39, 0.29) is 42.4 Å². The minimum atomic E-state index is -3.27. The summed E-state index contributed by atoms with van der Waals surface area (Å²) in [4.78, 5) is 6.62. The molecule has 4 rings (SSSR count). The lowest BCUT2D eigenvalue weighted by molar-refractivity contribution is 0.0904. The van der Waals surface area contributed by atoms with Crippen LogP contribution in [0.1, 0.15) is 30.9 Å². The third kappa shape index (κ3) is 5.54. The quantitative estimate of drug-likeness (QED) is 0.313. The van der Waals surface area contributed by atoms with Gasteiger partial charge in [0.1, 0.15) is 0 Å². The third-order valence-electron chi connectivity index (χ3n) is 6.63. The molecule has 9 heteroatoms. The molecule has 2 fully saturated rings. The van der Waals surface area contributed by atoms with Crippen LogP contribution in [0.5, 0.6) is 0 Å². The number of hydrogen-bond acceptors (Lipinski definition) is 4. The molecule has 1 N–H and O–H groups in total. The zero-order chi connectivity index (χ0) is 21.3. The van der Waals surface area contributed by atoms with Crippen molar-refractivity contribution in [2.45, 2.75) is 32.3 Å². The molecule has 1 saturated heterocycles. The van der Waals surface area contributed by atoms with Gasteiger partial charge in [-0.1, -0.05) is 24.3 Å². The van der Waals surface area contributed by atoms with Gasteiger partial charge < -0.3 is 15.0 Å². The van der Waals surface area contributed by atoms with Crippen molar-refractivity contribution < 1.29 is 13.2 Å². The first-order valence-corrected chi connectivity index (χ1v) is 12.6. The molecule has 2 aliphatic carbocycles. The highest BCUT2D eigenvalue weighted by Crippen LogP contribution is 2.60. The highest BCUT2D eigenvalue weighted by molar-refractivity contribution is 14.0. The van der Waals surface area contributed by atoms with Crippen LogP contribution in [0, 0.1) is 11.8 Å². The molecule has 0 amide bonds. The Labute approximate surface area is 203 Å². The van der Waals surface area contributed by atoms with Gasteiger partial charge in [-0.3, -0.25) is 4.99 Å². The van der Waals surface area contributed by atoms with Gasteiger partial charge in [-0.15, -0.1) is 24.0 Å². The maximum atomic E-state index is 12.5. The minimum Gasteiger partial charge on any atom is -0.378 e. The van der Waals surface area contributed by atoms with Gasteiger partial charge >= 0.3 is 0 Å². The second kappa shape index (κ2) is 10.4. The lowest BCUT2D eigenvalue weighted by atomic mass is 10.0. The average Bonchev–Trinajstić information content (AvgIpc) is 3.25. The van der Waals surface area contributed by atoms with Gasteiger partial charge in [0, 0.05) is 39.8 Å². The van der Waals surface area contributed by atoms with Gasteiger partial charge in [0.15, 0.2) is 5.96 Å². The number of guanidine groups is 1. The fourth-order valence-corrected chi connectivity index (χ4v) is 6.28. The molecule has 174 valence electrons. The summed E-state index contributed by atoms with van der Waals surface area (Å²) in [5, 5.41) is 3.55. The summed E-state index contributed by atoms with van der Waals surface area (Å²) in [5.74, 6) is 3.07. The summed E-state index contributed by atoms with van der Waals surface area (Å²) in [5.41, 5.74) is 3.05. The van der Waals surface area contributed by atoms with Crippen molar-refractivity contribution in [1.82, 2.24) is 14.5 Å². The normalized spacial score (nSPS) is 25.7. The van der Waals surface area contributed by atoms with Crippen LogP contribution >= 0.6 is 24.0 Å². The van der Waals surface area contributed by atoms with Crippen LogP contribution in [0.3, 0.4) is 0 Å². The van der Waals surface area contributed by atoms with Crippen molar-refractivity contribution in [3.8, 4) is 0 Å². The molecule has 1 aliphatic heterocycles. The van der Waals surface area contributed by atoms with Gasteiger partial charge in [0.05, 0.1) is 18.5 Å². The zero-order valence-corrected chi connectivity index (χ0v) is 21.8. The molecule has 0 aromatic heterocycles. The van der Waals surface area contributed by atoms with E-state index in [4.69, 9.17) is 4.74 Å². The molecule has 3 unspecified atom stereocenters. The molecule has 1 saturated carbocycles. The van der Waals surface area contributed by atoms with E-state index in [9.17, 15) is 8.42 Å². The second-order valence-corrected chi connectivity index (χ2v) is 10.9. The Hall–Kier alpha value is -0.910. The number of piperazine rings is 1. The monoisotopic (exact) mass is 562 g/mol. The molecular weight excluding hydrogens is 527 g/mol. The summed E-state index contributed by atoms with van der Waals surface area (Å²) in [6.45, 7) is 7.31. The van der Waals surface area contributed by atoms with Crippen molar-refractivity contribution in [3.05, 3.63) is 35.4 Å². The van der Waals surface area contributed by atoms with Gasteiger partial charge in [-0.05, 0) is 49.1 Å². The van der Waals surface area contributed by atoms with E-state index in [2.05, 4.69) is 39.5 Å². The molecule has 1 heterocycles. The van der Waals surface area contributed by atoms with Crippen molar-refractivity contribution in [2.75, 3.05) is 52.1 Å². The molecule has 0 spiro atoms. The SMILES string of the molecule is CN=C(NCC1C2Cc3ccccc3C12)N1CCN(S(=O)(=O)CCOC(C)C)CC1.I. The number of halogens is 1. The molecule has 7 nitrogen and oxygen atoms in total. The Bertz CT molecular complexity index is 884. The summed E-state index contributed by atoms with van der Waals surface area (Å²) in [7, 11) is -1.46. The third-order valence-corrected chi connectivity index (χ3v) is 8.47. The standard InChI is InChI=1S/C22H34N4O3S.HI/c1-16(2)29-12-13-30(27,28)26-10-8-25(9-11-26)22(23-3)24-15-20-19-14-17-6-4-5-7-18(17)21(19)20;/h4-7,16,19-21H,8-15H2,1-3H3,(H,23,24);1H. The number of benzene rings is 1. The molecule has 0 bridgehead atoms. The van der Waals surface area contributed by atoms with Crippen molar-refractivity contribution in [1.29, 1.82) is 0 Å². The van der Waals surface area contributed by atoms with Gasteiger partial charge in [-0.25, -0.2) is 8.42 Å². The van der Waals surface area contributed by atoms with Crippen molar-refractivity contribution >= 4 is 40.0 Å². The number of nitrogens with one attached hydrogen (secondary N) is 1. The fraction of sp³-hybridized carbons (Fsp3) is 0.682. The van der Waals surface area contributed by atoms with E-state index < -0.39 is 10.0 Å². The second-order valence-electron chi connectivity index (χ2n) is 8.81. The largest absolute Gasteiger partial charge is 0.378 e. The maximum Gasteiger partial charge on any atom is 0.216 e. The molecular formula is C22H35IN4O3S. The number of nitrogens with zero attached hydrogens (tertiary/aromatic N) is 3.